The number of carbonyl (C=O) groups excluding carboxylic acids is 1. The van der Waals surface area contributed by atoms with Crippen LogP contribution in [-0.2, 0) is 11.3 Å². The highest BCUT2D eigenvalue weighted by Gasteiger charge is 2.18. The Morgan fingerprint density at radius 1 is 1.15 bits per heavy atom. The summed E-state index contributed by atoms with van der Waals surface area (Å²) in [4.78, 5) is 26.7. The van der Waals surface area contributed by atoms with Crippen LogP contribution in [-0.4, -0.2) is 53.0 Å². The van der Waals surface area contributed by atoms with Gasteiger partial charge < -0.3 is 10.0 Å². The van der Waals surface area contributed by atoms with E-state index in [1.807, 2.05) is 17.0 Å². The highest BCUT2D eigenvalue weighted by Crippen LogP contribution is 2.13. The molecule has 1 aromatic rings. The third-order valence-electron chi connectivity index (χ3n) is 3.68. The van der Waals surface area contributed by atoms with Crippen molar-refractivity contribution in [3.05, 3.63) is 35.4 Å². The number of carboxylic acid groups (broad SMARTS) is 1. The molecule has 1 aliphatic rings. The van der Waals surface area contributed by atoms with E-state index in [4.69, 9.17) is 0 Å². The molecule has 0 saturated carbocycles. The summed E-state index contributed by atoms with van der Waals surface area (Å²) in [5.41, 5.74) is 1.19. The smallest absolute Gasteiger partial charge is 0.336 e. The highest BCUT2D eigenvalue weighted by atomic mass is 16.4. The maximum absolute atomic E-state index is 11.4. The maximum Gasteiger partial charge on any atom is 0.336 e. The maximum atomic E-state index is 11.4. The minimum absolute atomic E-state index is 0.109. The fourth-order valence-electron chi connectivity index (χ4n) is 2.55. The van der Waals surface area contributed by atoms with Crippen LogP contribution in [0.2, 0.25) is 0 Å². The number of hydrogen-bond acceptors (Lipinski definition) is 3. The van der Waals surface area contributed by atoms with Crippen molar-refractivity contribution in [1.29, 1.82) is 0 Å². The van der Waals surface area contributed by atoms with Crippen LogP contribution >= 0.6 is 0 Å². The molecule has 0 aliphatic carbocycles. The van der Waals surface area contributed by atoms with Crippen molar-refractivity contribution in [1.82, 2.24) is 9.80 Å². The van der Waals surface area contributed by atoms with Crippen molar-refractivity contribution in [2.24, 2.45) is 0 Å². The van der Waals surface area contributed by atoms with Crippen molar-refractivity contribution < 1.29 is 14.7 Å². The van der Waals surface area contributed by atoms with Gasteiger partial charge >= 0.3 is 5.97 Å². The lowest BCUT2D eigenvalue weighted by Crippen LogP contribution is -2.33. The molecule has 1 fully saturated rings. The number of hydrogen-bond donors (Lipinski definition) is 1. The van der Waals surface area contributed by atoms with Crippen molar-refractivity contribution in [2.75, 3.05) is 26.2 Å². The molecule has 1 amide bonds. The fourth-order valence-corrected chi connectivity index (χ4v) is 2.55. The number of carbonyl (C=O) groups is 2. The van der Waals surface area contributed by atoms with Crippen LogP contribution in [0.25, 0.3) is 0 Å². The Kier molecular flexibility index (Phi) is 4.74. The Bertz CT molecular complexity index is 502. The van der Waals surface area contributed by atoms with Gasteiger partial charge in [-0.1, -0.05) is 18.2 Å². The molecule has 5 nitrogen and oxygen atoms in total. The third-order valence-corrected chi connectivity index (χ3v) is 3.68. The molecule has 1 saturated heterocycles. The van der Waals surface area contributed by atoms with Crippen LogP contribution < -0.4 is 0 Å². The summed E-state index contributed by atoms with van der Waals surface area (Å²) in [6, 6.07) is 7.10. The van der Waals surface area contributed by atoms with Crippen LogP contribution in [0.15, 0.2) is 24.3 Å². The van der Waals surface area contributed by atoms with Crippen LogP contribution in [0.1, 0.15) is 29.3 Å². The van der Waals surface area contributed by atoms with Gasteiger partial charge in [-0.15, -0.1) is 0 Å². The molecule has 1 aliphatic heterocycles. The van der Waals surface area contributed by atoms with Gasteiger partial charge in [0.15, 0.2) is 0 Å². The first kappa shape index (κ1) is 14.5. The SMILES string of the molecule is CC(=O)N1CCCN(Cc2ccccc2C(=O)O)CC1. The van der Waals surface area contributed by atoms with Crippen LogP contribution in [0.5, 0.6) is 0 Å². The fraction of sp³-hybridized carbons (Fsp3) is 0.467. The van der Waals surface area contributed by atoms with Crippen LogP contribution in [0.4, 0.5) is 0 Å². The molecule has 1 aromatic carbocycles. The first-order valence-electron chi connectivity index (χ1n) is 6.87. The van der Waals surface area contributed by atoms with E-state index in [2.05, 4.69) is 4.90 Å². The van der Waals surface area contributed by atoms with Gasteiger partial charge in [0, 0.05) is 39.6 Å². The molecule has 1 heterocycles. The Labute approximate surface area is 118 Å². The molecular weight excluding hydrogens is 256 g/mol. The van der Waals surface area contributed by atoms with E-state index in [0.29, 0.717) is 18.7 Å². The van der Waals surface area contributed by atoms with Gasteiger partial charge in [-0.25, -0.2) is 4.79 Å². The Hall–Kier alpha value is -1.88. The minimum atomic E-state index is -0.888. The van der Waals surface area contributed by atoms with Crippen LogP contribution in [0.3, 0.4) is 0 Å². The van der Waals surface area contributed by atoms with E-state index >= 15 is 0 Å². The molecular formula is C15H20N2O3. The zero-order chi connectivity index (χ0) is 14.5. The molecule has 0 spiro atoms. The summed E-state index contributed by atoms with van der Waals surface area (Å²) in [6.45, 7) is 5.38. The van der Waals surface area contributed by atoms with E-state index < -0.39 is 5.97 Å². The Morgan fingerprint density at radius 2 is 1.90 bits per heavy atom. The van der Waals surface area contributed by atoms with Gasteiger partial charge in [0.1, 0.15) is 0 Å². The van der Waals surface area contributed by atoms with Gasteiger partial charge in [-0.2, -0.15) is 0 Å². The second kappa shape index (κ2) is 6.52. The summed E-state index contributed by atoms with van der Waals surface area (Å²) in [6.07, 6.45) is 0.925. The normalized spacial score (nSPS) is 16.8. The summed E-state index contributed by atoms with van der Waals surface area (Å²) in [5.74, 6) is -0.779. The molecule has 108 valence electrons. The second-order valence-electron chi connectivity index (χ2n) is 5.10. The summed E-state index contributed by atoms with van der Waals surface area (Å²) >= 11 is 0. The van der Waals surface area contributed by atoms with Crippen molar-refractivity contribution in [3.8, 4) is 0 Å². The number of amides is 1. The number of carboxylic acids is 1. The number of aromatic carboxylic acids is 1. The molecule has 0 bridgehead atoms. The molecule has 0 aromatic heterocycles. The quantitative estimate of drug-likeness (QED) is 0.907. The predicted molar refractivity (Wildman–Crippen MR) is 75.5 cm³/mol. The number of nitrogens with zero attached hydrogens (tertiary/aromatic N) is 2. The second-order valence-corrected chi connectivity index (χ2v) is 5.10. The van der Waals surface area contributed by atoms with Gasteiger partial charge in [0.05, 0.1) is 5.56 Å². The molecule has 0 radical (unpaired) electrons. The zero-order valence-corrected chi connectivity index (χ0v) is 11.7. The summed E-state index contributed by atoms with van der Waals surface area (Å²) < 4.78 is 0. The molecule has 0 atom stereocenters. The molecule has 0 unspecified atom stereocenters. The average Bonchev–Trinajstić information content (AvgIpc) is 2.65. The summed E-state index contributed by atoms with van der Waals surface area (Å²) in [5, 5.41) is 9.19. The van der Waals surface area contributed by atoms with Gasteiger partial charge in [-0.3, -0.25) is 9.69 Å². The first-order valence-corrected chi connectivity index (χ1v) is 6.87. The van der Waals surface area contributed by atoms with E-state index in [9.17, 15) is 14.7 Å². The predicted octanol–water partition coefficient (Wildman–Crippen LogP) is 1.44. The topological polar surface area (TPSA) is 60.9 Å². The number of rotatable bonds is 3. The zero-order valence-electron chi connectivity index (χ0n) is 11.7. The Morgan fingerprint density at radius 3 is 2.60 bits per heavy atom. The monoisotopic (exact) mass is 276 g/mol. The lowest BCUT2D eigenvalue weighted by atomic mass is 10.1. The van der Waals surface area contributed by atoms with Crippen LogP contribution in [0, 0.1) is 0 Å². The standard InChI is InChI=1S/C15H20N2O3/c1-12(18)17-8-4-7-16(9-10-17)11-13-5-2-3-6-14(13)15(19)20/h2-3,5-6H,4,7-11H2,1H3,(H,19,20). The average molecular weight is 276 g/mol. The molecule has 1 N–H and O–H groups in total. The first-order chi connectivity index (χ1) is 9.58. The highest BCUT2D eigenvalue weighted by molar-refractivity contribution is 5.89. The van der Waals surface area contributed by atoms with Gasteiger partial charge in [0.25, 0.3) is 0 Å². The summed E-state index contributed by atoms with van der Waals surface area (Å²) in [7, 11) is 0. The minimum Gasteiger partial charge on any atom is -0.478 e. The number of benzene rings is 1. The van der Waals surface area contributed by atoms with Gasteiger partial charge in [-0.05, 0) is 18.1 Å². The van der Waals surface area contributed by atoms with E-state index in [1.54, 1.807) is 19.1 Å². The van der Waals surface area contributed by atoms with Crippen molar-refractivity contribution in [2.45, 2.75) is 19.9 Å². The molecule has 5 heteroatoms. The Balaban J connectivity index is 2.04. The van der Waals surface area contributed by atoms with Gasteiger partial charge in [0.2, 0.25) is 5.91 Å². The third kappa shape index (κ3) is 3.57. The largest absolute Gasteiger partial charge is 0.478 e. The molecule has 2 rings (SSSR count). The van der Waals surface area contributed by atoms with E-state index in [-0.39, 0.29) is 5.91 Å². The lowest BCUT2D eigenvalue weighted by molar-refractivity contribution is -0.128. The molecule has 20 heavy (non-hydrogen) atoms. The van der Waals surface area contributed by atoms with Crippen molar-refractivity contribution >= 4 is 11.9 Å². The van der Waals surface area contributed by atoms with E-state index in [0.717, 1.165) is 31.6 Å². The van der Waals surface area contributed by atoms with Crippen molar-refractivity contribution in [3.63, 3.8) is 0 Å². The van der Waals surface area contributed by atoms with E-state index in [1.165, 1.54) is 0 Å². The lowest BCUT2D eigenvalue weighted by Gasteiger charge is -2.21.